The molecule has 130 valence electrons. The molecular formula is C18H15N5O2S. The van der Waals surface area contributed by atoms with Crippen molar-refractivity contribution in [3.63, 3.8) is 0 Å². The molecule has 0 unspecified atom stereocenters. The van der Waals surface area contributed by atoms with Gasteiger partial charge in [0.05, 0.1) is 16.8 Å². The quantitative estimate of drug-likeness (QED) is 0.587. The molecule has 0 aromatic carbocycles. The normalized spacial score (nSPS) is 10.8. The average Bonchev–Trinajstić information content (AvgIpc) is 3.40. The second-order valence-electron chi connectivity index (χ2n) is 5.69. The Morgan fingerprint density at radius 3 is 2.92 bits per heavy atom. The fourth-order valence-corrected chi connectivity index (χ4v) is 3.12. The highest BCUT2D eigenvalue weighted by Crippen LogP contribution is 2.25. The van der Waals surface area contributed by atoms with E-state index in [1.807, 2.05) is 42.9 Å². The largest absolute Gasteiger partial charge is 0.355 e. The maximum Gasteiger partial charge on any atom is 0.273 e. The van der Waals surface area contributed by atoms with Crippen LogP contribution in [0.2, 0.25) is 0 Å². The smallest absolute Gasteiger partial charge is 0.273 e. The lowest BCUT2D eigenvalue weighted by Gasteiger charge is -2.03. The molecule has 4 aromatic heterocycles. The molecule has 8 heteroatoms. The Kier molecular flexibility index (Phi) is 4.32. The lowest BCUT2D eigenvalue weighted by atomic mass is 10.2. The first-order valence-corrected chi connectivity index (χ1v) is 8.80. The monoisotopic (exact) mass is 365 g/mol. The van der Waals surface area contributed by atoms with E-state index in [4.69, 9.17) is 4.52 Å². The van der Waals surface area contributed by atoms with E-state index in [0.717, 1.165) is 21.7 Å². The number of carbonyl (C=O) groups excluding carboxylic acids is 1. The van der Waals surface area contributed by atoms with Crippen LogP contribution in [0.4, 0.5) is 0 Å². The Balaban J connectivity index is 1.38. The molecule has 1 N–H and O–H groups in total. The summed E-state index contributed by atoms with van der Waals surface area (Å²) < 4.78 is 6.96. The highest BCUT2D eigenvalue weighted by Gasteiger charge is 2.14. The summed E-state index contributed by atoms with van der Waals surface area (Å²) in [5.74, 6) is 0.306. The maximum atomic E-state index is 12.2. The minimum atomic E-state index is -0.284. The molecule has 0 aliphatic carbocycles. The van der Waals surface area contributed by atoms with E-state index in [1.165, 1.54) is 11.3 Å². The first-order valence-electron chi connectivity index (χ1n) is 7.92. The van der Waals surface area contributed by atoms with E-state index in [0.29, 0.717) is 12.3 Å². The third-order valence-corrected chi connectivity index (χ3v) is 4.67. The summed E-state index contributed by atoms with van der Waals surface area (Å²) >= 11 is 1.53. The standard InChI is InChI=1S/C18H15N5O2S/c1-23-11-13(10-21-23)14-5-4-12(8-19-14)9-20-18(24)15-7-16(25-22-15)17-3-2-6-26-17/h2-8,10-11H,9H2,1H3,(H,20,24). The molecule has 0 saturated carbocycles. The van der Waals surface area contributed by atoms with Crippen molar-refractivity contribution in [3.05, 3.63) is 65.6 Å². The fourth-order valence-electron chi connectivity index (χ4n) is 2.44. The highest BCUT2D eigenvalue weighted by atomic mass is 32.1. The van der Waals surface area contributed by atoms with Gasteiger partial charge in [-0.3, -0.25) is 14.5 Å². The number of thiophene rings is 1. The van der Waals surface area contributed by atoms with Gasteiger partial charge >= 0.3 is 0 Å². The summed E-state index contributed by atoms with van der Waals surface area (Å²) in [6.07, 6.45) is 5.40. The van der Waals surface area contributed by atoms with Crippen LogP contribution in [0.3, 0.4) is 0 Å². The van der Waals surface area contributed by atoms with Gasteiger partial charge in [0.2, 0.25) is 0 Å². The minimum Gasteiger partial charge on any atom is -0.355 e. The Morgan fingerprint density at radius 2 is 2.23 bits per heavy atom. The summed E-state index contributed by atoms with van der Waals surface area (Å²) in [5.41, 5.74) is 2.94. The van der Waals surface area contributed by atoms with E-state index in [-0.39, 0.29) is 11.6 Å². The summed E-state index contributed by atoms with van der Waals surface area (Å²) in [4.78, 5) is 17.6. The first kappa shape index (κ1) is 16.2. The minimum absolute atomic E-state index is 0.258. The Morgan fingerprint density at radius 1 is 1.31 bits per heavy atom. The summed E-state index contributed by atoms with van der Waals surface area (Å²) in [7, 11) is 1.86. The van der Waals surface area contributed by atoms with Crippen LogP contribution in [-0.4, -0.2) is 25.8 Å². The van der Waals surface area contributed by atoms with E-state index in [9.17, 15) is 4.79 Å². The number of nitrogens with one attached hydrogen (secondary N) is 1. The number of rotatable bonds is 5. The van der Waals surface area contributed by atoms with Gasteiger partial charge in [-0.05, 0) is 23.1 Å². The van der Waals surface area contributed by atoms with Gasteiger partial charge in [0, 0.05) is 37.6 Å². The molecule has 1 amide bonds. The van der Waals surface area contributed by atoms with Gasteiger partial charge in [-0.25, -0.2) is 0 Å². The SMILES string of the molecule is Cn1cc(-c2ccc(CNC(=O)c3cc(-c4cccs4)on3)cn2)cn1. The van der Waals surface area contributed by atoms with Crippen LogP contribution in [0.15, 0.2) is 58.8 Å². The van der Waals surface area contributed by atoms with Crippen molar-refractivity contribution in [1.82, 2.24) is 25.2 Å². The molecule has 4 rings (SSSR count). The molecule has 4 heterocycles. The van der Waals surface area contributed by atoms with Crippen LogP contribution in [-0.2, 0) is 13.6 Å². The van der Waals surface area contributed by atoms with E-state index >= 15 is 0 Å². The zero-order valence-electron chi connectivity index (χ0n) is 13.9. The van der Waals surface area contributed by atoms with Gasteiger partial charge in [-0.2, -0.15) is 5.10 Å². The van der Waals surface area contributed by atoms with Crippen molar-refractivity contribution in [2.45, 2.75) is 6.54 Å². The topological polar surface area (TPSA) is 85.8 Å². The van der Waals surface area contributed by atoms with Crippen molar-refractivity contribution < 1.29 is 9.32 Å². The predicted octanol–water partition coefficient (Wildman–Crippen LogP) is 3.13. The Labute approximate surface area is 153 Å². The number of amides is 1. The number of hydrogen-bond donors (Lipinski definition) is 1. The van der Waals surface area contributed by atoms with Crippen molar-refractivity contribution >= 4 is 17.2 Å². The van der Waals surface area contributed by atoms with E-state index in [2.05, 4.69) is 20.6 Å². The van der Waals surface area contributed by atoms with Crippen LogP contribution in [0.25, 0.3) is 21.9 Å². The molecule has 0 spiro atoms. The maximum absolute atomic E-state index is 12.2. The number of pyridine rings is 1. The Bertz CT molecular complexity index is 1020. The molecule has 26 heavy (non-hydrogen) atoms. The van der Waals surface area contributed by atoms with Gasteiger partial charge in [-0.1, -0.05) is 17.3 Å². The number of hydrogen-bond acceptors (Lipinski definition) is 6. The summed E-state index contributed by atoms with van der Waals surface area (Å²) in [5, 5.41) is 12.7. The van der Waals surface area contributed by atoms with Gasteiger partial charge in [0.1, 0.15) is 0 Å². The van der Waals surface area contributed by atoms with E-state index < -0.39 is 0 Å². The molecule has 0 bridgehead atoms. The average molecular weight is 365 g/mol. The molecule has 4 aromatic rings. The molecule has 0 fully saturated rings. The molecule has 0 radical (unpaired) electrons. The second kappa shape index (κ2) is 6.93. The zero-order valence-corrected chi connectivity index (χ0v) is 14.7. The van der Waals surface area contributed by atoms with Crippen LogP contribution in [0.1, 0.15) is 16.1 Å². The number of aromatic nitrogens is 4. The lowest BCUT2D eigenvalue weighted by molar-refractivity contribution is 0.0942. The number of carbonyl (C=O) groups is 1. The summed E-state index contributed by atoms with van der Waals surface area (Å²) in [6.45, 7) is 0.361. The van der Waals surface area contributed by atoms with Gasteiger partial charge in [-0.15, -0.1) is 11.3 Å². The highest BCUT2D eigenvalue weighted by molar-refractivity contribution is 7.13. The molecule has 0 aliphatic rings. The zero-order chi connectivity index (χ0) is 17.9. The van der Waals surface area contributed by atoms with Crippen molar-refractivity contribution in [1.29, 1.82) is 0 Å². The third-order valence-electron chi connectivity index (χ3n) is 3.79. The van der Waals surface area contributed by atoms with Gasteiger partial charge in [0.25, 0.3) is 5.91 Å². The fraction of sp³-hybridized carbons (Fsp3) is 0.111. The predicted molar refractivity (Wildman–Crippen MR) is 97.4 cm³/mol. The van der Waals surface area contributed by atoms with Crippen LogP contribution < -0.4 is 5.32 Å². The first-order chi connectivity index (χ1) is 12.7. The van der Waals surface area contributed by atoms with Crippen molar-refractivity contribution in [3.8, 4) is 21.9 Å². The number of nitrogens with zero attached hydrogens (tertiary/aromatic N) is 4. The number of aryl methyl sites for hydroxylation is 1. The molecule has 0 atom stereocenters. The Hall–Kier alpha value is -3.26. The van der Waals surface area contributed by atoms with Crippen LogP contribution in [0, 0.1) is 0 Å². The molecule has 7 nitrogen and oxygen atoms in total. The molecular weight excluding hydrogens is 350 g/mol. The molecule has 0 aliphatic heterocycles. The summed E-state index contributed by atoms with van der Waals surface area (Å²) in [6, 6.07) is 9.32. The second-order valence-corrected chi connectivity index (χ2v) is 6.64. The van der Waals surface area contributed by atoms with Crippen LogP contribution >= 0.6 is 11.3 Å². The third kappa shape index (κ3) is 3.40. The van der Waals surface area contributed by atoms with Gasteiger partial charge in [0.15, 0.2) is 11.5 Å². The molecule has 0 saturated heterocycles. The lowest BCUT2D eigenvalue weighted by Crippen LogP contribution is -2.23. The van der Waals surface area contributed by atoms with Crippen LogP contribution in [0.5, 0.6) is 0 Å². The van der Waals surface area contributed by atoms with Crippen molar-refractivity contribution in [2.75, 3.05) is 0 Å². The van der Waals surface area contributed by atoms with Crippen molar-refractivity contribution in [2.24, 2.45) is 7.05 Å². The van der Waals surface area contributed by atoms with E-state index in [1.54, 1.807) is 23.1 Å². The van der Waals surface area contributed by atoms with Gasteiger partial charge < -0.3 is 9.84 Å².